The molecule has 1 aromatic rings. The lowest BCUT2D eigenvalue weighted by atomic mass is 10.1. The standard InChI is InChI=1S/C16H16F3N5O4/c17-16(18,19)10-1-3-12(13(9-10)24(27)28)22-5-7-23(8-6-22)15(26)11-2-4-14(25)21-20-11/h1,3,9H,2,4-8H2,(H,21,25). The molecule has 1 N–H and O–H groups in total. The summed E-state index contributed by atoms with van der Waals surface area (Å²) in [5, 5.41) is 15.0. The summed E-state index contributed by atoms with van der Waals surface area (Å²) in [4.78, 5) is 37.0. The van der Waals surface area contributed by atoms with E-state index in [0.29, 0.717) is 6.07 Å². The van der Waals surface area contributed by atoms with Crippen molar-refractivity contribution in [1.29, 1.82) is 0 Å². The van der Waals surface area contributed by atoms with Crippen molar-refractivity contribution in [3.05, 3.63) is 33.9 Å². The number of benzene rings is 1. The first-order valence-electron chi connectivity index (χ1n) is 8.42. The Morgan fingerprint density at radius 2 is 1.86 bits per heavy atom. The first-order valence-corrected chi connectivity index (χ1v) is 8.42. The normalized spacial score (nSPS) is 17.8. The number of rotatable bonds is 3. The van der Waals surface area contributed by atoms with Crippen LogP contribution in [0.4, 0.5) is 24.5 Å². The van der Waals surface area contributed by atoms with E-state index >= 15 is 0 Å². The number of nitrogens with one attached hydrogen (secondary N) is 1. The highest BCUT2D eigenvalue weighted by molar-refractivity contribution is 6.39. The summed E-state index contributed by atoms with van der Waals surface area (Å²) >= 11 is 0. The summed E-state index contributed by atoms with van der Waals surface area (Å²) in [6, 6.07) is 2.41. The molecule has 28 heavy (non-hydrogen) atoms. The molecule has 1 aromatic carbocycles. The van der Waals surface area contributed by atoms with E-state index in [4.69, 9.17) is 0 Å². The maximum absolute atomic E-state index is 12.8. The van der Waals surface area contributed by atoms with Gasteiger partial charge in [-0.05, 0) is 12.1 Å². The second-order valence-corrected chi connectivity index (χ2v) is 6.33. The number of nitrogens with zero attached hydrogens (tertiary/aromatic N) is 4. The average Bonchev–Trinajstić information content (AvgIpc) is 2.67. The van der Waals surface area contributed by atoms with Crippen LogP contribution in [0, 0.1) is 10.1 Å². The number of halogens is 3. The van der Waals surface area contributed by atoms with Gasteiger partial charge in [-0.2, -0.15) is 18.3 Å². The van der Waals surface area contributed by atoms with Crippen LogP contribution in [0.2, 0.25) is 0 Å². The number of anilines is 1. The molecule has 2 aliphatic rings. The molecule has 12 heteroatoms. The molecule has 2 aliphatic heterocycles. The third kappa shape index (κ3) is 4.05. The lowest BCUT2D eigenvalue weighted by Gasteiger charge is -2.36. The Morgan fingerprint density at radius 1 is 1.18 bits per heavy atom. The fourth-order valence-corrected chi connectivity index (χ4v) is 3.07. The largest absolute Gasteiger partial charge is 0.416 e. The van der Waals surface area contributed by atoms with Crippen LogP contribution in [-0.4, -0.2) is 53.5 Å². The van der Waals surface area contributed by atoms with Crippen molar-refractivity contribution in [2.75, 3.05) is 31.1 Å². The number of amides is 2. The molecule has 0 aliphatic carbocycles. The summed E-state index contributed by atoms with van der Waals surface area (Å²) in [6.45, 7) is 0.892. The topological polar surface area (TPSA) is 108 Å². The van der Waals surface area contributed by atoms with Crippen molar-refractivity contribution in [3.63, 3.8) is 0 Å². The highest BCUT2D eigenvalue weighted by Gasteiger charge is 2.35. The molecule has 2 heterocycles. The Balaban J connectivity index is 1.72. The molecule has 9 nitrogen and oxygen atoms in total. The maximum Gasteiger partial charge on any atom is 0.416 e. The van der Waals surface area contributed by atoms with Gasteiger partial charge >= 0.3 is 6.18 Å². The summed E-state index contributed by atoms with van der Waals surface area (Å²) in [5.74, 6) is -0.599. The van der Waals surface area contributed by atoms with Crippen LogP contribution >= 0.6 is 0 Å². The molecular weight excluding hydrogens is 383 g/mol. The van der Waals surface area contributed by atoms with Crippen LogP contribution in [0.1, 0.15) is 18.4 Å². The van der Waals surface area contributed by atoms with Crippen molar-refractivity contribution in [2.45, 2.75) is 19.0 Å². The molecule has 150 valence electrons. The second kappa shape index (κ2) is 7.44. The van der Waals surface area contributed by atoms with Crippen LogP contribution in [0.15, 0.2) is 23.3 Å². The number of nitro benzene ring substituents is 1. The second-order valence-electron chi connectivity index (χ2n) is 6.33. The van der Waals surface area contributed by atoms with Gasteiger partial charge in [-0.15, -0.1) is 0 Å². The number of alkyl halides is 3. The van der Waals surface area contributed by atoms with Crippen molar-refractivity contribution in [2.24, 2.45) is 5.10 Å². The van der Waals surface area contributed by atoms with Crippen molar-refractivity contribution < 1.29 is 27.7 Å². The van der Waals surface area contributed by atoms with E-state index in [-0.39, 0.29) is 62.2 Å². The third-order valence-electron chi connectivity index (χ3n) is 4.56. The average molecular weight is 399 g/mol. The Hall–Kier alpha value is -3.18. The molecule has 0 spiro atoms. The zero-order valence-electron chi connectivity index (χ0n) is 14.5. The van der Waals surface area contributed by atoms with Gasteiger partial charge in [0.2, 0.25) is 5.91 Å². The Kier molecular flexibility index (Phi) is 5.21. The number of carbonyl (C=O) groups is 2. The van der Waals surface area contributed by atoms with Crippen LogP contribution in [0.3, 0.4) is 0 Å². The third-order valence-corrected chi connectivity index (χ3v) is 4.56. The van der Waals surface area contributed by atoms with E-state index in [0.717, 1.165) is 12.1 Å². The number of hydrogen-bond donors (Lipinski definition) is 1. The van der Waals surface area contributed by atoms with Crippen LogP contribution in [0.5, 0.6) is 0 Å². The van der Waals surface area contributed by atoms with E-state index in [1.807, 2.05) is 0 Å². The first kappa shape index (κ1) is 19.6. The summed E-state index contributed by atoms with van der Waals surface area (Å²) < 4.78 is 38.5. The molecule has 1 saturated heterocycles. The van der Waals surface area contributed by atoms with Gasteiger partial charge in [-0.3, -0.25) is 19.7 Å². The molecule has 3 rings (SSSR count). The van der Waals surface area contributed by atoms with Gasteiger partial charge in [0.25, 0.3) is 11.6 Å². The minimum Gasteiger partial charge on any atom is -0.362 e. The predicted molar refractivity (Wildman–Crippen MR) is 91.7 cm³/mol. The summed E-state index contributed by atoms with van der Waals surface area (Å²) in [6.07, 6.45) is -4.28. The van der Waals surface area contributed by atoms with Gasteiger partial charge in [-0.25, -0.2) is 5.43 Å². The van der Waals surface area contributed by atoms with Gasteiger partial charge in [0.15, 0.2) is 0 Å². The SMILES string of the molecule is O=C1CCC(C(=O)N2CCN(c3ccc(C(F)(F)F)cc3[N+](=O)[O-])CC2)=NN1. The number of carbonyl (C=O) groups excluding carboxylic acids is 2. The molecule has 2 amide bonds. The first-order chi connectivity index (χ1) is 13.2. The fraction of sp³-hybridized carbons (Fsp3) is 0.438. The molecule has 0 bridgehead atoms. The van der Waals surface area contributed by atoms with Crippen molar-refractivity contribution >= 4 is 28.9 Å². The van der Waals surface area contributed by atoms with Crippen LogP contribution in [0.25, 0.3) is 0 Å². The van der Waals surface area contributed by atoms with E-state index < -0.39 is 22.4 Å². The molecule has 0 radical (unpaired) electrons. The summed E-state index contributed by atoms with van der Waals surface area (Å²) in [5.41, 5.74) is 0.835. The molecule has 0 saturated carbocycles. The lowest BCUT2D eigenvalue weighted by molar-refractivity contribution is -0.384. The van der Waals surface area contributed by atoms with Crippen molar-refractivity contribution in [1.82, 2.24) is 10.3 Å². The monoisotopic (exact) mass is 399 g/mol. The number of nitro groups is 1. The molecule has 0 unspecified atom stereocenters. The fourth-order valence-electron chi connectivity index (χ4n) is 3.07. The van der Waals surface area contributed by atoms with Crippen LogP contribution in [-0.2, 0) is 15.8 Å². The minimum absolute atomic E-state index is 0.0763. The van der Waals surface area contributed by atoms with Gasteiger partial charge in [-0.1, -0.05) is 0 Å². The molecule has 0 aromatic heterocycles. The van der Waals surface area contributed by atoms with Crippen molar-refractivity contribution in [3.8, 4) is 0 Å². The quantitative estimate of drug-likeness (QED) is 0.613. The van der Waals surface area contributed by atoms with Gasteiger partial charge in [0.1, 0.15) is 11.4 Å². The predicted octanol–water partition coefficient (Wildman–Crippen LogP) is 1.53. The van der Waals surface area contributed by atoms with Gasteiger partial charge < -0.3 is 9.80 Å². The zero-order chi connectivity index (χ0) is 20.5. The van der Waals surface area contributed by atoms with E-state index in [9.17, 15) is 32.9 Å². The van der Waals surface area contributed by atoms with E-state index in [2.05, 4.69) is 10.5 Å². The Bertz CT molecular complexity index is 847. The Labute approximate surface area is 156 Å². The number of hydrogen-bond acceptors (Lipinski definition) is 6. The van der Waals surface area contributed by atoms with E-state index in [1.54, 1.807) is 4.90 Å². The maximum atomic E-state index is 12.8. The van der Waals surface area contributed by atoms with Crippen LogP contribution < -0.4 is 10.3 Å². The zero-order valence-corrected chi connectivity index (χ0v) is 14.5. The number of piperazine rings is 1. The van der Waals surface area contributed by atoms with Gasteiger partial charge in [0, 0.05) is 45.1 Å². The Morgan fingerprint density at radius 3 is 2.39 bits per heavy atom. The molecular formula is C16H16F3N5O4. The molecule has 1 fully saturated rings. The molecule has 0 atom stereocenters. The summed E-state index contributed by atoms with van der Waals surface area (Å²) in [7, 11) is 0. The highest BCUT2D eigenvalue weighted by Crippen LogP contribution is 2.36. The minimum atomic E-state index is -4.68. The smallest absolute Gasteiger partial charge is 0.362 e. The number of hydrazone groups is 1. The highest BCUT2D eigenvalue weighted by atomic mass is 19.4. The van der Waals surface area contributed by atoms with Gasteiger partial charge in [0.05, 0.1) is 10.5 Å². The lowest BCUT2D eigenvalue weighted by Crippen LogP contribution is -2.51. The van der Waals surface area contributed by atoms with E-state index in [1.165, 1.54) is 4.90 Å².